The number of hydrogen-bond donors (Lipinski definition) is 1. The molecule has 0 bridgehead atoms. The van der Waals surface area contributed by atoms with E-state index in [4.69, 9.17) is 0 Å². The minimum Gasteiger partial charge on any atom is -0.508 e. The molecule has 0 saturated carbocycles. The third-order valence-corrected chi connectivity index (χ3v) is 6.58. The van der Waals surface area contributed by atoms with Gasteiger partial charge in [0.25, 0.3) is 5.69 Å². The van der Waals surface area contributed by atoms with Crippen LogP contribution in [0.4, 0.5) is 22.7 Å². The van der Waals surface area contributed by atoms with Gasteiger partial charge in [-0.1, -0.05) is 32.0 Å². The van der Waals surface area contributed by atoms with E-state index in [9.17, 15) is 20.5 Å². The number of nitro benzene ring substituents is 1. The fraction of sp³-hybridized carbons (Fsp3) is 0.240. The molecular weight excluding hydrogens is 418 g/mol. The fourth-order valence-electron chi connectivity index (χ4n) is 4.21. The number of rotatable bonds is 5. The Balaban J connectivity index is 1.65. The Morgan fingerprint density at radius 3 is 2.33 bits per heavy atom. The normalized spacial score (nSPS) is 18.8. The first-order valence-corrected chi connectivity index (χ1v) is 10.4. The standard InChI is InChI=1S/C25H23N5O3/c1-24(2)21-6-4-5-7-22(21)29(25(24,3)16-26)15-17-14-19(10-13-23(17)31)28-27-18-8-11-20(12-9-18)30(32)33/h4-14,31H,15H2,1-3H3. The molecule has 1 atom stereocenters. The van der Waals surface area contributed by atoms with Crippen molar-refractivity contribution >= 4 is 22.7 Å². The Kier molecular flexibility index (Phi) is 5.34. The summed E-state index contributed by atoms with van der Waals surface area (Å²) >= 11 is 0. The second-order valence-electron chi connectivity index (χ2n) is 8.70. The lowest BCUT2D eigenvalue weighted by Gasteiger charge is -2.39. The van der Waals surface area contributed by atoms with Crippen molar-refractivity contribution in [1.29, 1.82) is 5.26 Å². The van der Waals surface area contributed by atoms with Crippen LogP contribution in [0.1, 0.15) is 31.9 Å². The Morgan fingerprint density at radius 2 is 1.67 bits per heavy atom. The molecule has 166 valence electrons. The zero-order valence-electron chi connectivity index (χ0n) is 18.6. The number of phenols is 1. The number of benzene rings is 3. The molecule has 8 heteroatoms. The molecule has 0 fully saturated rings. The number of nitriles is 1. The maximum Gasteiger partial charge on any atom is 0.269 e. The average molecular weight is 441 g/mol. The second kappa shape index (κ2) is 8.02. The van der Waals surface area contributed by atoms with Crippen LogP contribution in [-0.2, 0) is 12.0 Å². The molecular formula is C25H23N5O3. The molecule has 0 radical (unpaired) electrons. The summed E-state index contributed by atoms with van der Waals surface area (Å²) in [5.41, 5.74) is 2.40. The maximum absolute atomic E-state index is 10.8. The van der Waals surface area contributed by atoms with Crippen LogP contribution in [0.15, 0.2) is 77.0 Å². The van der Waals surface area contributed by atoms with E-state index in [-0.39, 0.29) is 11.4 Å². The molecule has 3 aromatic carbocycles. The molecule has 1 aliphatic heterocycles. The molecule has 1 N–H and O–H groups in total. The van der Waals surface area contributed by atoms with Crippen LogP contribution in [0.2, 0.25) is 0 Å². The predicted molar refractivity (Wildman–Crippen MR) is 125 cm³/mol. The van der Waals surface area contributed by atoms with Gasteiger partial charge in [0, 0.05) is 35.3 Å². The first kappa shape index (κ1) is 22.0. The van der Waals surface area contributed by atoms with E-state index < -0.39 is 15.9 Å². The lowest BCUT2D eigenvalue weighted by atomic mass is 9.72. The number of phenolic OH excluding ortho intramolecular Hbond substituents is 1. The molecule has 1 unspecified atom stereocenters. The molecule has 33 heavy (non-hydrogen) atoms. The van der Waals surface area contributed by atoms with Crippen molar-refractivity contribution in [3.05, 3.63) is 88.0 Å². The Bertz CT molecular complexity index is 1290. The molecule has 0 aliphatic carbocycles. The van der Waals surface area contributed by atoms with Gasteiger partial charge >= 0.3 is 0 Å². The first-order chi connectivity index (χ1) is 15.7. The summed E-state index contributed by atoms with van der Waals surface area (Å²) in [6, 6.07) is 21.1. The number of hydrogen-bond acceptors (Lipinski definition) is 7. The van der Waals surface area contributed by atoms with Crippen LogP contribution in [0.5, 0.6) is 5.75 Å². The van der Waals surface area contributed by atoms with E-state index >= 15 is 0 Å². The number of azo groups is 1. The van der Waals surface area contributed by atoms with Gasteiger partial charge in [0.05, 0.1) is 22.4 Å². The zero-order valence-corrected chi connectivity index (χ0v) is 18.6. The highest BCUT2D eigenvalue weighted by Gasteiger charge is 2.54. The van der Waals surface area contributed by atoms with E-state index in [0.29, 0.717) is 23.5 Å². The molecule has 1 aliphatic rings. The molecule has 4 rings (SSSR count). The smallest absolute Gasteiger partial charge is 0.269 e. The molecule has 3 aromatic rings. The third kappa shape index (κ3) is 3.68. The number of para-hydroxylation sites is 1. The topological polar surface area (TPSA) is 115 Å². The minimum absolute atomic E-state index is 0.0183. The highest BCUT2D eigenvalue weighted by atomic mass is 16.6. The number of fused-ring (bicyclic) bond motifs is 1. The minimum atomic E-state index is -0.820. The lowest BCUT2D eigenvalue weighted by molar-refractivity contribution is -0.384. The van der Waals surface area contributed by atoms with E-state index in [0.717, 1.165) is 11.3 Å². The van der Waals surface area contributed by atoms with Crippen LogP contribution in [-0.4, -0.2) is 15.6 Å². The number of aromatic hydroxyl groups is 1. The SMILES string of the molecule is CC1(C)c2ccccc2N(Cc2cc(N=Nc3ccc([N+](=O)[O-])cc3)ccc2O)C1(C)C#N. The number of non-ortho nitro benzene ring substituents is 1. The zero-order chi connectivity index (χ0) is 23.8. The number of nitro groups is 1. The van der Waals surface area contributed by atoms with Gasteiger partial charge in [0.2, 0.25) is 0 Å². The van der Waals surface area contributed by atoms with Crippen molar-refractivity contribution in [2.45, 2.75) is 38.3 Å². The Morgan fingerprint density at radius 1 is 1.03 bits per heavy atom. The van der Waals surface area contributed by atoms with E-state index in [1.807, 2.05) is 36.1 Å². The van der Waals surface area contributed by atoms with E-state index in [1.54, 1.807) is 18.2 Å². The van der Waals surface area contributed by atoms with Crippen molar-refractivity contribution in [3.63, 3.8) is 0 Å². The quantitative estimate of drug-likeness (QED) is 0.283. The third-order valence-electron chi connectivity index (χ3n) is 6.58. The van der Waals surface area contributed by atoms with Crippen molar-refractivity contribution in [3.8, 4) is 11.8 Å². The highest BCUT2D eigenvalue weighted by molar-refractivity contribution is 5.69. The summed E-state index contributed by atoms with van der Waals surface area (Å²) in [5, 5.41) is 39.8. The van der Waals surface area contributed by atoms with Crippen LogP contribution >= 0.6 is 0 Å². The van der Waals surface area contributed by atoms with Gasteiger partial charge in [-0.2, -0.15) is 15.5 Å². The molecule has 8 nitrogen and oxygen atoms in total. The summed E-state index contributed by atoms with van der Waals surface area (Å²) < 4.78 is 0. The molecule has 0 aromatic heterocycles. The van der Waals surface area contributed by atoms with E-state index in [2.05, 4.69) is 30.1 Å². The number of anilines is 1. The lowest BCUT2D eigenvalue weighted by Crippen LogP contribution is -2.52. The van der Waals surface area contributed by atoms with Gasteiger partial charge in [-0.15, -0.1) is 0 Å². The highest BCUT2D eigenvalue weighted by Crippen LogP contribution is 2.52. The second-order valence-corrected chi connectivity index (χ2v) is 8.70. The fourth-order valence-corrected chi connectivity index (χ4v) is 4.21. The van der Waals surface area contributed by atoms with Crippen molar-refractivity contribution < 1.29 is 10.0 Å². The summed E-state index contributed by atoms with van der Waals surface area (Å²) in [4.78, 5) is 12.3. The van der Waals surface area contributed by atoms with Gasteiger partial charge in [0.15, 0.2) is 0 Å². The summed E-state index contributed by atoms with van der Waals surface area (Å²) in [6.45, 7) is 6.35. The molecule has 0 spiro atoms. The van der Waals surface area contributed by atoms with E-state index in [1.165, 1.54) is 24.3 Å². The van der Waals surface area contributed by atoms with Gasteiger partial charge in [-0.3, -0.25) is 10.1 Å². The van der Waals surface area contributed by atoms with Crippen LogP contribution in [0.25, 0.3) is 0 Å². The Hall–Kier alpha value is -4.25. The van der Waals surface area contributed by atoms with Crippen LogP contribution < -0.4 is 4.90 Å². The summed E-state index contributed by atoms with van der Waals surface area (Å²) in [5.74, 6) is 0.103. The van der Waals surface area contributed by atoms with Gasteiger partial charge in [0.1, 0.15) is 11.3 Å². The van der Waals surface area contributed by atoms with Gasteiger partial charge in [-0.05, 0) is 48.9 Å². The maximum atomic E-state index is 10.8. The Labute approximate surface area is 191 Å². The first-order valence-electron chi connectivity index (χ1n) is 10.4. The largest absolute Gasteiger partial charge is 0.508 e. The van der Waals surface area contributed by atoms with Gasteiger partial charge in [-0.25, -0.2) is 0 Å². The monoisotopic (exact) mass is 441 g/mol. The molecule has 0 amide bonds. The van der Waals surface area contributed by atoms with Crippen molar-refractivity contribution in [2.24, 2.45) is 10.2 Å². The summed E-state index contributed by atoms with van der Waals surface area (Å²) in [6.07, 6.45) is 0. The average Bonchev–Trinajstić information content (AvgIpc) is 2.98. The van der Waals surface area contributed by atoms with Crippen molar-refractivity contribution in [2.75, 3.05) is 4.90 Å². The van der Waals surface area contributed by atoms with Gasteiger partial charge < -0.3 is 10.0 Å². The molecule has 1 heterocycles. The van der Waals surface area contributed by atoms with Crippen LogP contribution in [0.3, 0.4) is 0 Å². The van der Waals surface area contributed by atoms with Crippen molar-refractivity contribution in [1.82, 2.24) is 0 Å². The number of nitrogens with zero attached hydrogens (tertiary/aromatic N) is 5. The predicted octanol–water partition coefficient (Wildman–Crippen LogP) is 6.30. The molecule has 0 saturated heterocycles. The summed E-state index contributed by atoms with van der Waals surface area (Å²) in [7, 11) is 0. The van der Waals surface area contributed by atoms with Crippen LogP contribution in [0, 0.1) is 21.4 Å².